The van der Waals surface area contributed by atoms with Crippen molar-refractivity contribution in [2.24, 2.45) is 0 Å². The minimum absolute atomic E-state index is 0.173. The predicted octanol–water partition coefficient (Wildman–Crippen LogP) is 4.12. The summed E-state index contributed by atoms with van der Waals surface area (Å²) in [5.74, 6) is 1.26. The van der Waals surface area contributed by atoms with Gasteiger partial charge in [-0.3, -0.25) is 9.89 Å². The molecular formula is C17H21BrN4OS. The summed E-state index contributed by atoms with van der Waals surface area (Å²) >= 11 is 4.90. The molecule has 0 radical (unpaired) electrons. The standard InChI is InChI=1S/C17H21BrN4OS/c1-11-6-5-7-12(2)22(11)15(23)10-24-17-19-16(20-21-17)13-8-3-4-9-14(13)18/h3-4,8-9,11-12H,5-7,10H2,1-2H3,(H,19,20,21). The molecule has 1 fully saturated rings. The highest BCUT2D eigenvalue weighted by molar-refractivity contribution is 9.10. The summed E-state index contributed by atoms with van der Waals surface area (Å²) in [6, 6.07) is 8.50. The molecular weight excluding hydrogens is 388 g/mol. The molecule has 5 nitrogen and oxygen atoms in total. The van der Waals surface area contributed by atoms with Crippen molar-refractivity contribution < 1.29 is 4.79 Å². The maximum Gasteiger partial charge on any atom is 0.233 e. The first-order valence-corrected chi connectivity index (χ1v) is 9.95. The van der Waals surface area contributed by atoms with E-state index in [1.807, 2.05) is 29.2 Å². The highest BCUT2D eigenvalue weighted by Gasteiger charge is 2.28. The number of benzene rings is 1. The Kier molecular flexibility index (Phi) is 5.61. The Morgan fingerprint density at radius 3 is 2.75 bits per heavy atom. The van der Waals surface area contributed by atoms with E-state index in [0.717, 1.165) is 22.9 Å². The first kappa shape index (κ1) is 17.5. The van der Waals surface area contributed by atoms with Crippen LogP contribution in [0.15, 0.2) is 33.9 Å². The third kappa shape index (κ3) is 3.83. The number of H-pyrrole nitrogens is 1. The molecule has 1 N–H and O–H groups in total. The van der Waals surface area contributed by atoms with E-state index in [0.29, 0.717) is 28.8 Å². The summed E-state index contributed by atoms with van der Waals surface area (Å²) in [6.45, 7) is 4.27. The quantitative estimate of drug-likeness (QED) is 0.772. The van der Waals surface area contributed by atoms with E-state index in [2.05, 4.69) is 45.0 Å². The molecule has 1 aliphatic heterocycles. The number of halogens is 1. The van der Waals surface area contributed by atoms with Crippen LogP contribution in [-0.2, 0) is 4.79 Å². The van der Waals surface area contributed by atoms with Gasteiger partial charge in [-0.1, -0.05) is 45.9 Å². The van der Waals surface area contributed by atoms with Crippen molar-refractivity contribution in [3.8, 4) is 11.4 Å². The highest BCUT2D eigenvalue weighted by Crippen LogP contribution is 2.27. The van der Waals surface area contributed by atoms with Gasteiger partial charge in [-0.25, -0.2) is 4.98 Å². The molecule has 128 valence electrons. The topological polar surface area (TPSA) is 61.9 Å². The van der Waals surface area contributed by atoms with Crippen LogP contribution in [0.5, 0.6) is 0 Å². The zero-order chi connectivity index (χ0) is 17.1. The SMILES string of the molecule is CC1CCCC(C)N1C(=O)CSc1n[nH]c(-c2ccccc2Br)n1. The van der Waals surface area contributed by atoms with Crippen molar-refractivity contribution in [1.29, 1.82) is 0 Å². The van der Waals surface area contributed by atoms with E-state index in [-0.39, 0.29) is 5.91 Å². The Bertz CT molecular complexity index is 710. The average Bonchev–Trinajstić information content (AvgIpc) is 3.02. The lowest BCUT2D eigenvalue weighted by Gasteiger charge is -2.39. The van der Waals surface area contributed by atoms with Gasteiger partial charge in [0.1, 0.15) is 0 Å². The Morgan fingerprint density at radius 2 is 2.04 bits per heavy atom. The number of piperidine rings is 1. The van der Waals surface area contributed by atoms with Crippen LogP contribution < -0.4 is 0 Å². The van der Waals surface area contributed by atoms with Gasteiger partial charge in [0.05, 0.1) is 5.75 Å². The fourth-order valence-corrected chi connectivity index (χ4v) is 4.34. The predicted molar refractivity (Wildman–Crippen MR) is 99.9 cm³/mol. The second-order valence-corrected chi connectivity index (χ2v) is 7.96. The van der Waals surface area contributed by atoms with Crippen LogP contribution in [0.25, 0.3) is 11.4 Å². The van der Waals surface area contributed by atoms with E-state index in [9.17, 15) is 4.79 Å². The fraction of sp³-hybridized carbons (Fsp3) is 0.471. The molecule has 0 spiro atoms. The number of nitrogens with one attached hydrogen (secondary N) is 1. The summed E-state index contributed by atoms with van der Waals surface area (Å²) in [4.78, 5) is 19.1. The molecule has 0 saturated carbocycles. The Balaban J connectivity index is 1.63. The zero-order valence-electron chi connectivity index (χ0n) is 13.8. The molecule has 3 rings (SSSR count). The van der Waals surface area contributed by atoms with Gasteiger partial charge in [0.15, 0.2) is 5.82 Å². The number of rotatable bonds is 4. The first-order chi connectivity index (χ1) is 11.6. The minimum atomic E-state index is 0.173. The van der Waals surface area contributed by atoms with Gasteiger partial charge in [-0.05, 0) is 39.2 Å². The summed E-state index contributed by atoms with van der Waals surface area (Å²) in [6.07, 6.45) is 3.39. The van der Waals surface area contributed by atoms with E-state index in [1.54, 1.807) is 0 Å². The number of aromatic nitrogens is 3. The van der Waals surface area contributed by atoms with Gasteiger partial charge in [-0.15, -0.1) is 5.10 Å². The summed E-state index contributed by atoms with van der Waals surface area (Å²) in [5.41, 5.74) is 0.960. The molecule has 0 aliphatic carbocycles. The monoisotopic (exact) mass is 408 g/mol. The lowest BCUT2D eigenvalue weighted by molar-refractivity contribution is -0.134. The maximum absolute atomic E-state index is 12.6. The number of aromatic amines is 1. The molecule has 2 unspecified atom stereocenters. The van der Waals surface area contributed by atoms with Crippen molar-refractivity contribution in [2.75, 3.05) is 5.75 Å². The number of carbonyl (C=O) groups is 1. The Labute approximate surface area is 154 Å². The summed E-state index contributed by atoms with van der Waals surface area (Å²) in [7, 11) is 0. The Hall–Kier alpha value is -1.34. The third-order valence-corrected chi connectivity index (χ3v) is 5.92. The van der Waals surface area contributed by atoms with Crippen LogP contribution in [0.4, 0.5) is 0 Å². The highest BCUT2D eigenvalue weighted by atomic mass is 79.9. The molecule has 7 heteroatoms. The largest absolute Gasteiger partial charge is 0.337 e. The van der Waals surface area contributed by atoms with E-state index < -0.39 is 0 Å². The molecule has 1 saturated heterocycles. The van der Waals surface area contributed by atoms with Gasteiger partial charge in [-0.2, -0.15) is 0 Å². The number of carbonyl (C=O) groups excluding carboxylic acids is 1. The van der Waals surface area contributed by atoms with Crippen LogP contribution in [0.1, 0.15) is 33.1 Å². The maximum atomic E-state index is 12.6. The lowest BCUT2D eigenvalue weighted by Crippen LogP contribution is -2.48. The lowest BCUT2D eigenvalue weighted by atomic mass is 9.98. The van der Waals surface area contributed by atoms with Crippen LogP contribution in [0.3, 0.4) is 0 Å². The molecule has 2 heterocycles. The first-order valence-electron chi connectivity index (χ1n) is 8.17. The fourth-order valence-electron chi connectivity index (χ4n) is 3.20. The van der Waals surface area contributed by atoms with Crippen molar-refractivity contribution in [3.63, 3.8) is 0 Å². The van der Waals surface area contributed by atoms with Gasteiger partial charge in [0, 0.05) is 22.1 Å². The van der Waals surface area contributed by atoms with Crippen molar-refractivity contribution >= 4 is 33.6 Å². The molecule has 2 aromatic rings. The molecule has 1 aromatic heterocycles. The number of likely N-dealkylation sites (tertiary alicyclic amines) is 1. The molecule has 1 aliphatic rings. The number of hydrogen-bond donors (Lipinski definition) is 1. The minimum Gasteiger partial charge on any atom is -0.337 e. The average molecular weight is 409 g/mol. The van der Waals surface area contributed by atoms with Gasteiger partial charge in [0.25, 0.3) is 0 Å². The van der Waals surface area contributed by atoms with E-state index in [1.165, 1.54) is 18.2 Å². The Morgan fingerprint density at radius 1 is 1.33 bits per heavy atom. The van der Waals surface area contributed by atoms with Crippen LogP contribution >= 0.6 is 27.7 Å². The molecule has 0 bridgehead atoms. The zero-order valence-corrected chi connectivity index (χ0v) is 16.2. The second-order valence-electron chi connectivity index (χ2n) is 6.17. The second kappa shape index (κ2) is 7.70. The van der Waals surface area contributed by atoms with E-state index >= 15 is 0 Å². The number of thioether (sulfide) groups is 1. The summed E-state index contributed by atoms with van der Waals surface area (Å²) in [5, 5.41) is 7.77. The summed E-state index contributed by atoms with van der Waals surface area (Å²) < 4.78 is 0.963. The molecule has 1 amide bonds. The number of hydrogen-bond acceptors (Lipinski definition) is 4. The number of nitrogens with zero attached hydrogens (tertiary/aromatic N) is 3. The van der Waals surface area contributed by atoms with E-state index in [4.69, 9.17) is 0 Å². The van der Waals surface area contributed by atoms with Crippen LogP contribution in [-0.4, -0.2) is 43.8 Å². The van der Waals surface area contributed by atoms with Crippen molar-refractivity contribution in [2.45, 2.75) is 50.4 Å². The molecule has 1 aromatic carbocycles. The van der Waals surface area contributed by atoms with Crippen molar-refractivity contribution in [3.05, 3.63) is 28.7 Å². The smallest absolute Gasteiger partial charge is 0.233 e. The van der Waals surface area contributed by atoms with Gasteiger partial charge >= 0.3 is 0 Å². The third-order valence-electron chi connectivity index (χ3n) is 4.40. The van der Waals surface area contributed by atoms with Crippen LogP contribution in [0.2, 0.25) is 0 Å². The van der Waals surface area contributed by atoms with Gasteiger partial charge < -0.3 is 4.90 Å². The van der Waals surface area contributed by atoms with Gasteiger partial charge in [0.2, 0.25) is 11.1 Å². The molecule has 24 heavy (non-hydrogen) atoms. The normalized spacial score (nSPS) is 21.0. The van der Waals surface area contributed by atoms with Crippen LogP contribution in [0, 0.1) is 0 Å². The van der Waals surface area contributed by atoms with Crippen molar-refractivity contribution in [1.82, 2.24) is 20.1 Å². The molecule has 2 atom stereocenters. The number of amides is 1.